The summed E-state index contributed by atoms with van der Waals surface area (Å²) in [6.45, 7) is 2.17. The number of aromatic nitrogens is 1. The Labute approximate surface area is 161 Å². The lowest BCUT2D eigenvalue weighted by atomic mass is 10.1. The second-order valence-corrected chi connectivity index (χ2v) is 7.13. The highest BCUT2D eigenvalue weighted by Crippen LogP contribution is 2.32. The van der Waals surface area contributed by atoms with E-state index in [0.29, 0.717) is 12.1 Å². The largest absolute Gasteiger partial charge is 0.349 e. The lowest BCUT2D eigenvalue weighted by molar-refractivity contribution is 0.0986. The van der Waals surface area contributed by atoms with Crippen molar-refractivity contribution >= 4 is 33.3 Å². The summed E-state index contributed by atoms with van der Waals surface area (Å²) in [7, 11) is 0. The van der Waals surface area contributed by atoms with E-state index in [0.717, 1.165) is 29.1 Å². The van der Waals surface area contributed by atoms with Crippen molar-refractivity contribution in [1.82, 2.24) is 4.98 Å². The summed E-state index contributed by atoms with van der Waals surface area (Å²) in [5, 5.41) is 0. The SMILES string of the molecule is O=C(c1ccc(Br)cc1)N1CCN(Cc2ccccc2)c2ncccc21. The summed E-state index contributed by atoms with van der Waals surface area (Å²) in [5.74, 6) is 0.860. The van der Waals surface area contributed by atoms with Gasteiger partial charge in [-0.25, -0.2) is 4.98 Å². The molecule has 1 aromatic heterocycles. The van der Waals surface area contributed by atoms with E-state index in [-0.39, 0.29) is 5.91 Å². The van der Waals surface area contributed by atoms with Gasteiger partial charge in [-0.2, -0.15) is 0 Å². The summed E-state index contributed by atoms with van der Waals surface area (Å²) in [6, 6.07) is 21.7. The number of benzene rings is 2. The first-order chi connectivity index (χ1) is 12.7. The van der Waals surface area contributed by atoms with Gasteiger partial charge in [0.05, 0.1) is 5.69 Å². The molecule has 0 saturated heterocycles. The minimum absolute atomic E-state index is 0.00566. The van der Waals surface area contributed by atoms with E-state index in [1.807, 2.05) is 59.5 Å². The molecule has 0 radical (unpaired) electrons. The molecule has 130 valence electrons. The molecule has 0 aliphatic carbocycles. The molecule has 0 atom stereocenters. The lowest BCUT2D eigenvalue weighted by Gasteiger charge is -2.36. The van der Waals surface area contributed by atoms with Crippen LogP contribution in [0.5, 0.6) is 0 Å². The van der Waals surface area contributed by atoms with E-state index in [9.17, 15) is 4.79 Å². The van der Waals surface area contributed by atoms with Crippen LogP contribution in [0.4, 0.5) is 11.5 Å². The zero-order valence-electron chi connectivity index (χ0n) is 14.2. The summed E-state index contributed by atoms with van der Waals surface area (Å²) in [6.07, 6.45) is 1.78. The second kappa shape index (κ2) is 7.30. The zero-order valence-corrected chi connectivity index (χ0v) is 15.8. The lowest BCUT2D eigenvalue weighted by Crippen LogP contribution is -2.44. The molecule has 4 nitrogen and oxygen atoms in total. The standard InChI is InChI=1S/C21H18BrN3O/c22-18-10-8-17(9-11-18)21(26)25-14-13-24(15-16-5-2-1-3-6-16)20-19(25)7-4-12-23-20/h1-12H,13-15H2. The van der Waals surface area contributed by atoms with E-state index >= 15 is 0 Å². The Hall–Kier alpha value is -2.66. The van der Waals surface area contributed by atoms with Crippen LogP contribution in [-0.4, -0.2) is 24.0 Å². The monoisotopic (exact) mass is 407 g/mol. The Bertz CT molecular complexity index is 912. The van der Waals surface area contributed by atoms with Crippen LogP contribution in [0.3, 0.4) is 0 Å². The molecule has 1 aliphatic rings. The maximum absolute atomic E-state index is 13.0. The Morgan fingerprint density at radius 1 is 0.962 bits per heavy atom. The minimum atomic E-state index is 0.00566. The first-order valence-corrected chi connectivity index (χ1v) is 9.33. The van der Waals surface area contributed by atoms with Crippen molar-refractivity contribution < 1.29 is 4.79 Å². The molecule has 1 amide bonds. The van der Waals surface area contributed by atoms with Gasteiger partial charge in [0.15, 0.2) is 5.82 Å². The molecule has 0 unspecified atom stereocenters. The van der Waals surface area contributed by atoms with Crippen LogP contribution < -0.4 is 9.80 Å². The Morgan fingerprint density at radius 3 is 2.50 bits per heavy atom. The molecule has 5 heteroatoms. The number of hydrogen-bond acceptors (Lipinski definition) is 3. The molecule has 26 heavy (non-hydrogen) atoms. The van der Waals surface area contributed by atoms with Crippen molar-refractivity contribution in [2.45, 2.75) is 6.54 Å². The van der Waals surface area contributed by atoms with Crippen LogP contribution in [0.2, 0.25) is 0 Å². The summed E-state index contributed by atoms with van der Waals surface area (Å²) < 4.78 is 0.962. The van der Waals surface area contributed by atoms with E-state index in [4.69, 9.17) is 0 Å². The van der Waals surface area contributed by atoms with E-state index in [1.165, 1.54) is 5.56 Å². The van der Waals surface area contributed by atoms with Gasteiger partial charge in [0.25, 0.3) is 5.91 Å². The number of halogens is 1. The fourth-order valence-electron chi connectivity index (χ4n) is 3.21. The van der Waals surface area contributed by atoms with Crippen LogP contribution in [-0.2, 0) is 6.54 Å². The van der Waals surface area contributed by atoms with Crippen LogP contribution in [0.25, 0.3) is 0 Å². The number of nitrogens with zero attached hydrogens (tertiary/aromatic N) is 3. The first kappa shape index (κ1) is 16.8. The van der Waals surface area contributed by atoms with Gasteiger partial charge < -0.3 is 9.80 Å². The average molecular weight is 408 g/mol. The van der Waals surface area contributed by atoms with Crippen LogP contribution in [0.1, 0.15) is 15.9 Å². The van der Waals surface area contributed by atoms with E-state index in [2.05, 4.69) is 37.9 Å². The fraction of sp³-hybridized carbons (Fsp3) is 0.143. The van der Waals surface area contributed by atoms with Crippen molar-refractivity contribution in [3.8, 4) is 0 Å². The van der Waals surface area contributed by atoms with Crippen molar-refractivity contribution in [2.75, 3.05) is 22.9 Å². The third-order valence-corrected chi connectivity index (χ3v) is 5.03. The van der Waals surface area contributed by atoms with Crippen LogP contribution >= 0.6 is 15.9 Å². The van der Waals surface area contributed by atoms with Gasteiger partial charge in [-0.1, -0.05) is 46.3 Å². The topological polar surface area (TPSA) is 36.4 Å². The van der Waals surface area contributed by atoms with Gasteiger partial charge in [0.2, 0.25) is 0 Å². The van der Waals surface area contributed by atoms with Gasteiger partial charge in [0.1, 0.15) is 0 Å². The molecule has 0 bridgehead atoms. The number of carbonyl (C=O) groups is 1. The van der Waals surface area contributed by atoms with E-state index < -0.39 is 0 Å². The smallest absolute Gasteiger partial charge is 0.258 e. The highest BCUT2D eigenvalue weighted by Gasteiger charge is 2.28. The first-order valence-electron chi connectivity index (χ1n) is 8.54. The van der Waals surface area contributed by atoms with Crippen molar-refractivity contribution in [3.63, 3.8) is 0 Å². The Balaban J connectivity index is 1.63. The number of anilines is 2. The molecule has 0 saturated carbocycles. The third kappa shape index (κ3) is 3.35. The summed E-state index contributed by atoms with van der Waals surface area (Å²) in [5.41, 5.74) is 2.78. The minimum Gasteiger partial charge on any atom is -0.349 e. The maximum atomic E-state index is 13.0. The molecular weight excluding hydrogens is 390 g/mol. The highest BCUT2D eigenvalue weighted by atomic mass is 79.9. The molecule has 4 rings (SSSR count). The quantitative estimate of drug-likeness (QED) is 0.640. The normalized spacial score (nSPS) is 13.4. The molecule has 2 heterocycles. The fourth-order valence-corrected chi connectivity index (χ4v) is 3.47. The third-order valence-electron chi connectivity index (χ3n) is 4.50. The Kier molecular flexibility index (Phi) is 4.71. The molecule has 3 aromatic rings. The van der Waals surface area contributed by atoms with E-state index in [1.54, 1.807) is 6.20 Å². The van der Waals surface area contributed by atoms with Crippen molar-refractivity contribution in [1.29, 1.82) is 0 Å². The van der Waals surface area contributed by atoms with Crippen LogP contribution in [0, 0.1) is 0 Å². The zero-order chi connectivity index (χ0) is 17.9. The van der Waals surface area contributed by atoms with Gasteiger partial charge >= 0.3 is 0 Å². The van der Waals surface area contributed by atoms with Crippen LogP contribution in [0.15, 0.2) is 77.4 Å². The number of amides is 1. The van der Waals surface area contributed by atoms with Crippen molar-refractivity contribution in [3.05, 3.63) is 88.5 Å². The maximum Gasteiger partial charge on any atom is 0.258 e. The predicted molar refractivity (Wildman–Crippen MR) is 108 cm³/mol. The molecule has 0 fully saturated rings. The van der Waals surface area contributed by atoms with Gasteiger partial charge in [-0.15, -0.1) is 0 Å². The molecule has 2 aromatic carbocycles. The highest BCUT2D eigenvalue weighted by molar-refractivity contribution is 9.10. The average Bonchev–Trinajstić information content (AvgIpc) is 2.69. The Morgan fingerprint density at radius 2 is 1.73 bits per heavy atom. The molecule has 1 aliphatic heterocycles. The predicted octanol–water partition coefficient (Wildman–Crippen LogP) is 4.51. The summed E-state index contributed by atoms with van der Waals surface area (Å²) >= 11 is 3.41. The number of carbonyl (C=O) groups excluding carboxylic acids is 1. The van der Waals surface area contributed by atoms with Gasteiger partial charge in [-0.05, 0) is 42.0 Å². The number of rotatable bonds is 3. The summed E-state index contributed by atoms with van der Waals surface area (Å²) in [4.78, 5) is 21.6. The number of hydrogen-bond donors (Lipinski definition) is 0. The van der Waals surface area contributed by atoms with Gasteiger partial charge in [-0.3, -0.25) is 4.79 Å². The van der Waals surface area contributed by atoms with Crippen molar-refractivity contribution in [2.24, 2.45) is 0 Å². The molecule has 0 spiro atoms. The molecule has 0 N–H and O–H groups in total. The molecular formula is C21H18BrN3O. The number of fused-ring (bicyclic) bond motifs is 1. The van der Waals surface area contributed by atoms with Gasteiger partial charge in [0, 0.05) is 35.9 Å². The second-order valence-electron chi connectivity index (χ2n) is 6.22. The number of pyridine rings is 1.